The molecule has 0 aromatic heterocycles. The number of methoxy groups -OCH3 is 1. The van der Waals surface area contributed by atoms with Crippen molar-refractivity contribution in [1.82, 2.24) is 0 Å². The first-order valence-electron chi connectivity index (χ1n) is 6.21. The summed E-state index contributed by atoms with van der Waals surface area (Å²) >= 11 is 0. The molecular weight excluding hydrogens is 210 g/mol. The van der Waals surface area contributed by atoms with Crippen LogP contribution in [0.15, 0.2) is 12.1 Å². The Morgan fingerprint density at radius 1 is 1.29 bits per heavy atom. The molecule has 1 rings (SSSR count). The van der Waals surface area contributed by atoms with Gasteiger partial charge in [0.25, 0.3) is 0 Å². The van der Waals surface area contributed by atoms with Crippen LogP contribution in [0.5, 0.6) is 5.75 Å². The Balaban J connectivity index is 3.30. The monoisotopic (exact) mass is 235 g/mol. The minimum absolute atomic E-state index is 0.215. The van der Waals surface area contributed by atoms with E-state index in [4.69, 9.17) is 10.5 Å². The van der Waals surface area contributed by atoms with E-state index in [9.17, 15) is 0 Å². The van der Waals surface area contributed by atoms with Gasteiger partial charge in [-0.3, -0.25) is 0 Å². The average molecular weight is 235 g/mol. The van der Waals surface area contributed by atoms with E-state index in [1.165, 1.54) is 16.7 Å². The number of nitrogens with two attached hydrogens (primary N) is 1. The maximum atomic E-state index is 6.13. The molecule has 17 heavy (non-hydrogen) atoms. The number of hydrogen-bond donors (Lipinski definition) is 1. The molecule has 0 heterocycles. The Bertz CT molecular complexity index is 389. The number of rotatable bonds is 4. The largest absolute Gasteiger partial charge is 0.496 e. The normalized spacial score (nSPS) is 12.0. The second kappa shape index (κ2) is 5.09. The summed E-state index contributed by atoms with van der Waals surface area (Å²) in [5.41, 5.74) is 9.67. The molecule has 2 nitrogen and oxygen atoms in total. The molecule has 0 radical (unpaired) electrons. The summed E-state index contributed by atoms with van der Waals surface area (Å²) in [6.07, 6.45) is 0.836. The molecule has 96 valence electrons. The Morgan fingerprint density at radius 3 is 2.29 bits per heavy atom. The van der Waals surface area contributed by atoms with Crippen LogP contribution >= 0.6 is 0 Å². The van der Waals surface area contributed by atoms with Gasteiger partial charge < -0.3 is 10.5 Å². The molecular formula is C15H25NO. The predicted octanol–water partition coefficient (Wildman–Crippen LogP) is 3.41. The second-order valence-electron chi connectivity index (χ2n) is 5.80. The van der Waals surface area contributed by atoms with Crippen molar-refractivity contribution in [2.45, 2.75) is 52.5 Å². The van der Waals surface area contributed by atoms with E-state index >= 15 is 0 Å². The minimum Gasteiger partial charge on any atom is -0.496 e. The van der Waals surface area contributed by atoms with Crippen molar-refractivity contribution < 1.29 is 4.74 Å². The third kappa shape index (κ3) is 3.47. The smallest absolute Gasteiger partial charge is 0.125 e. The fraction of sp³-hybridized carbons (Fsp3) is 0.600. The van der Waals surface area contributed by atoms with E-state index in [1.54, 1.807) is 7.11 Å². The van der Waals surface area contributed by atoms with Gasteiger partial charge in [0, 0.05) is 5.54 Å². The molecule has 0 bridgehead atoms. The van der Waals surface area contributed by atoms with Crippen molar-refractivity contribution in [1.29, 1.82) is 0 Å². The lowest BCUT2D eigenvalue weighted by atomic mass is 9.89. The second-order valence-corrected chi connectivity index (χ2v) is 5.80. The van der Waals surface area contributed by atoms with Gasteiger partial charge in [0.2, 0.25) is 0 Å². The highest BCUT2D eigenvalue weighted by Gasteiger charge is 2.20. The van der Waals surface area contributed by atoms with Crippen molar-refractivity contribution in [2.24, 2.45) is 5.73 Å². The molecule has 0 amide bonds. The van der Waals surface area contributed by atoms with E-state index in [2.05, 4.69) is 32.9 Å². The molecule has 2 N–H and O–H groups in total. The van der Waals surface area contributed by atoms with Gasteiger partial charge in [-0.2, -0.15) is 0 Å². The summed E-state index contributed by atoms with van der Waals surface area (Å²) in [7, 11) is 1.74. The van der Waals surface area contributed by atoms with E-state index in [0.717, 1.165) is 12.2 Å². The van der Waals surface area contributed by atoms with Crippen LogP contribution in [0.1, 0.15) is 50.3 Å². The van der Waals surface area contributed by atoms with Crippen LogP contribution in [0, 0.1) is 6.92 Å². The molecule has 1 aromatic rings. The van der Waals surface area contributed by atoms with Gasteiger partial charge in [0.05, 0.1) is 7.11 Å². The van der Waals surface area contributed by atoms with Gasteiger partial charge in [-0.05, 0) is 49.8 Å². The standard InChI is InChI=1S/C15H25NO/c1-10(2)12-8-7-11(3)13(14(12)17-6)9-15(4,5)16/h7-8,10H,9,16H2,1-6H3. The first-order valence-corrected chi connectivity index (χ1v) is 6.21. The van der Waals surface area contributed by atoms with E-state index in [-0.39, 0.29) is 5.54 Å². The molecule has 0 aliphatic rings. The molecule has 0 saturated heterocycles. The molecule has 0 unspecified atom stereocenters. The zero-order valence-corrected chi connectivity index (χ0v) is 11.9. The number of ether oxygens (including phenoxy) is 1. The number of benzene rings is 1. The van der Waals surface area contributed by atoms with Crippen molar-refractivity contribution >= 4 is 0 Å². The van der Waals surface area contributed by atoms with Crippen LogP contribution in [0.4, 0.5) is 0 Å². The van der Waals surface area contributed by atoms with Gasteiger partial charge in [-0.1, -0.05) is 26.0 Å². The lowest BCUT2D eigenvalue weighted by molar-refractivity contribution is 0.394. The summed E-state index contributed by atoms with van der Waals surface area (Å²) in [6.45, 7) is 10.6. The van der Waals surface area contributed by atoms with Crippen LogP contribution in [-0.2, 0) is 6.42 Å². The van der Waals surface area contributed by atoms with Gasteiger partial charge in [-0.15, -0.1) is 0 Å². The van der Waals surface area contributed by atoms with Crippen LogP contribution in [0.2, 0.25) is 0 Å². The molecule has 0 saturated carbocycles. The summed E-state index contributed by atoms with van der Waals surface area (Å²) in [5, 5.41) is 0. The average Bonchev–Trinajstić information content (AvgIpc) is 2.18. The van der Waals surface area contributed by atoms with E-state index < -0.39 is 0 Å². The highest BCUT2D eigenvalue weighted by Crippen LogP contribution is 2.33. The van der Waals surface area contributed by atoms with E-state index in [0.29, 0.717) is 5.92 Å². The van der Waals surface area contributed by atoms with Crippen molar-refractivity contribution in [3.05, 3.63) is 28.8 Å². The van der Waals surface area contributed by atoms with Crippen molar-refractivity contribution in [3.63, 3.8) is 0 Å². The Labute approximate surface area is 105 Å². The molecule has 0 fully saturated rings. The highest BCUT2D eigenvalue weighted by atomic mass is 16.5. The summed E-state index contributed by atoms with van der Waals surface area (Å²) in [5.74, 6) is 1.48. The quantitative estimate of drug-likeness (QED) is 0.868. The number of hydrogen-bond acceptors (Lipinski definition) is 2. The summed E-state index contributed by atoms with van der Waals surface area (Å²) in [4.78, 5) is 0. The molecule has 0 aliphatic heterocycles. The molecule has 1 aromatic carbocycles. The fourth-order valence-corrected chi connectivity index (χ4v) is 2.12. The summed E-state index contributed by atoms with van der Waals surface area (Å²) < 4.78 is 5.61. The topological polar surface area (TPSA) is 35.2 Å². The Morgan fingerprint density at radius 2 is 1.88 bits per heavy atom. The molecule has 0 atom stereocenters. The van der Waals surface area contributed by atoms with Crippen LogP contribution in [0.3, 0.4) is 0 Å². The fourth-order valence-electron chi connectivity index (χ4n) is 2.12. The van der Waals surface area contributed by atoms with Gasteiger partial charge in [0.15, 0.2) is 0 Å². The molecule has 0 aliphatic carbocycles. The lowest BCUT2D eigenvalue weighted by Crippen LogP contribution is -2.34. The first-order chi connectivity index (χ1) is 7.76. The van der Waals surface area contributed by atoms with Gasteiger partial charge in [0.1, 0.15) is 5.75 Å². The highest BCUT2D eigenvalue weighted by molar-refractivity contribution is 5.48. The maximum absolute atomic E-state index is 6.13. The zero-order chi connectivity index (χ0) is 13.2. The SMILES string of the molecule is COc1c(C(C)C)ccc(C)c1CC(C)(C)N. The summed E-state index contributed by atoms with van der Waals surface area (Å²) in [6, 6.07) is 4.32. The predicted molar refractivity (Wildman–Crippen MR) is 73.8 cm³/mol. The molecule has 0 spiro atoms. The Hall–Kier alpha value is -1.02. The first kappa shape index (κ1) is 14.0. The van der Waals surface area contributed by atoms with Gasteiger partial charge >= 0.3 is 0 Å². The lowest BCUT2D eigenvalue weighted by Gasteiger charge is -2.24. The zero-order valence-electron chi connectivity index (χ0n) is 11.9. The van der Waals surface area contributed by atoms with Crippen LogP contribution < -0.4 is 10.5 Å². The maximum Gasteiger partial charge on any atom is 0.125 e. The minimum atomic E-state index is -0.215. The number of aryl methyl sites for hydroxylation is 1. The Kier molecular flexibility index (Phi) is 4.21. The van der Waals surface area contributed by atoms with E-state index in [1.807, 2.05) is 13.8 Å². The third-order valence-corrected chi connectivity index (χ3v) is 2.98. The molecule has 2 heteroatoms. The van der Waals surface area contributed by atoms with Crippen LogP contribution in [0.25, 0.3) is 0 Å². The van der Waals surface area contributed by atoms with Crippen LogP contribution in [-0.4, -0.2) is 12.6 Å². The van der Waals surface area contributed by atoms with Crippen molar-refractivity contribution in [3.8, 4) is 5.75 Å². The van der Waals surface area contributed by atoms with Crippen molar-refractivity contribution in [2.75, 3.05) is 7.11 Å². The third-order valence-electron chi connectivity index (χ3n) is 2.98. The van der Waals surface area contributed by atoms with Gasteiger partial charge in [-0.25, -0.2) is 0 Å².